The minimum Gasteiger partial charge on any atom is -0.399 e. The summed E-state index contributed by atoms with van der Waals surface area (Å²) < 4.78 is 53.2. The molecule has 1 saturated heterocycles. The monoisotopic (exact) mass is 354 g/mol. The number of nitrogens with zero attached hydrogens (tertiary/aromatic N) is 3. The van der Waals surface area contributed by atoms with Gasteiger partial charge in [0.15, 0.2) is 5.82 Å². The summed E-state index contributed by atoms with van der Waals surface area (Å²) >= 11 is 3.07. The van der Waals surface area contributed by atoms with Gasteiger partial charge in [0.05, 0.1) is 28.7 Å². The summed E-state index contributed by atoms with van der Waals surface area (Å²) in [6.07, 6.45) is -0.667. The fraction of sp³-hybridized carbons (Fsp3) is 0.429. The van der Waals surface area contributed by atoms with Crippen molar-refractivity contribution in [2.75, 3.05) is 0 Å². The molecule has 21 heavy (non-hydrogen) atoms. The summed E-state index contributed by atoms with van der Waals surface area (Å²) in [5.74, 6) is -0.163. The van der Waals surface area contributed by atoms with Crippen LogP contribution in [-0.2, 0) is 9.31 Å². The summed E-state index contributed by atoms with van der Waals surface area (Å²) in [6.45, 7) is 7.42. The molecule has 0 spiro atoms. The molecule has 5 nitrogen and oxygen atoms in total. The van der Waals surface area contributed by atoms with Crippen LogP contribution in [0.3, 0.4) is 0 Å². The summed E-state index contributed by atoms with van der Waals surface area (Å²) in [6, 6.07) is -0.606. The maximum Gasteiger partial charge on any atom is 0.496 e. The van der Waals surface area contributed by atoms with Crippen LogP contribution in [0.1, 0.15) is 34.5 Å². The van der Waals surface area contributed by atoms with Crippen LogP contribution in [0, 0.1) is 0 Å². The zero-order chi connectivity index (χ0) is 19.6. The number of pyridine rings is 1. The Hall–Kier alpha value is -1.18. The van der Waals surface area contributed by atoms with Gasteiger partial charge < -0.3 is 9.31 Å². The van der Waals surface area contributed by atoms with Crippen molar-refractivity contribution in [3.63, 3.8) is 0 Å². The van der Waals surface area contributed by atoms with Gasteiger partial charge in [-0.1, -0.05) is 6.04 Å². The second kappa shape index (κ2) is 4.93. The summed E-state index contributed by atoms with van der Waals surface area (Å²) in [4.78, 5) is 4.03. The molecule has 1 fully saturated rings. The van der Waals surface area contributed by atoms with Gasteiger partial charge in [-0.3, -0.25) is 0 Å². The van der Waals surface area contributed by atoms with Crippen molar-refractivity contribution in [3.05, 3.63) is 35.1 Å². The van der Waals surface area contributed by atoms with E-state index in [0.29, 0.717) is 0 Å². The van der Waals surface area contributed by atoms with Gasteiger partial charge in [0.1, 0.15) is 0 Å². The Labute approximate surface area is 140 Å². The van der Waals surface area contributed by atoms with Gasteiger partial charge in [-0.05, 0) is 49.7 Å². The molecule has 0 amide bonds. The van der Waals surface area contributed by atoms with E-state index < -0.39 is 18.3 Å². The van der Waals surface area contributed by atoms with Crippen molar-refractivity contribution in [1.82, 2.24) is 14.8 Å². The maximum absolute atomic E-state index is 8.31. The molecule has 1 aliphatic heterocycles. The van der Waals surface area contributed by atoms with Crippen LogP contribution in [0.25, 0.3) is 5.82 Å². The standard InChI is InChI=1S/C14H17BBrN3O2/c1-13(2)14(3,4)21-15(20-13)10-5-6-12(17-7-10)19-9-11(16)8-18-19/h5-9H,1-4H3/i5D,6D,7D,8D,9D. The minimum absolute atomic E-state index is 0.0567. The molecule has 7 heteroatoms. The molecule has 1 aliphatic rings. The van der Waals surface area contributed by atoms with Gasteiger partial charge in [0.25, 0.3) is 0 Å². The summed E-state index contributed by atoms with van der Waals surface area (Å²) in [5.41, 5.74) is -1.25. The topological polar surface area (TPSA) is 49.2 Å². The van der Waals surface area contributed by atoms with Crippen LogP contribution < -0.4 is 5.46 Å². The Balaban J connectivity index is 2.12. The average Bonchev–Trinajstić information content (AvgIpc) is 2.89. The number of hydrogen-bond donors (Lipinski definition) is 0. The number of aromatic nitrogens is 3. The first-order chi connectivity index (χ1) is 11.9. The highest BCUT2D eigenvalue weighted by Crippen LogP contribution is 2.36. The lowest BCUT2D eigenvalue weighted by Crippen LogP contribution is -2.41. The number of halogens is 1. The molecule has 3 heterocycles. The fourth-order valence-corrected chi connectivity index (χ4v) is 2.05. The Morgan fingerprint density at radius 3 is 2.43 bits per heavy atom. The highest BCUT2D eigenvalue weighted by atomic mass is 79.9. The van der Waals surface area contributed by atoms with Crippen molar-refractivity contribution in [2.24, 2.45) is 0 Å². The zero-order valence-electron chi connectivity index (χ0n) is 17.1. The van der Waals surface area contributed by atoms with Crippen molar-refractivity contribution < 1.29 is 16.2 Å². The van der Waals surface area contributed by atoms with Crippen molar-refractivity contribution in [2.45, 2.75) is 38.9 Å². The lowest BCUT2D eigenvalue weighted by molar-refractivity contribution is 0.00578. The van der Waals surface area contributed by atoms with Gasteiger partial charge >= 0.3 is 7.12 Å². The van der Waals surface area contributed by atoms with E-state index in [1.807, 2.05) is 27.7 Å². The molecule has 110 valence electrons. The van der Waals surface area contributed by atoms with Crippen LogP contribution >= 0.6 is 15.9 Å². The Kier molecular flexibility index (Phi) is 2.29. The maximum atomic E-state index is 8.31. The van der Waals surface area contributed by atoms with Crippen LogP contribution in [0.5, 0.6) is 0 Å². The van der Waals surface area contributed by atoms with Gasteiger partial charge in [0.2, 0.25) is 0 Å². The van der Waals surface area contributed by atoms with E-state index >= 15 is 0 Å². The number of hydrogen-bond acceptors (Lipinski definition) is 4. The SMILES string of the molecule is [2H]c1nn(-c2nc([2H])c(B3OC(C)(C)C(C)(C)O3)c([2H])c2[2H])c([2H])c1Br. The smallest absolute Gasteiger partial charge is 0.399 e. The van der Waals surface area contributed by atoms with Crippen LogP contribution in [0.4, 0.5) is 0 Å². The molecular weight excluding hydrogens is 333 g/mol. The lowest BCUT2D eigenvalue weighted by atomic mass is 9.80. The van der Waals surface area contributed by atoms with Crippen molar-refractivity contribution >= 4 is 28.5 Å². The van der Waals surface area contributed by atoms with Crippen molar-refractivity contribution in [1.29, 1.82) is 0 Å². The first-order valence-corrected chi connectivity index (χ1v) is 7.22. The third-order valence-electron chi connectivity index (χ3n) is 3.73. The van der Waals surface area contributed by atoms with E-state index in [4.69, 9.17) is 16.2 Å². The molecule has 0 aromatic carbocycles. The average molecular weight is 355 g/mol. The molecule has 0 unspecified atom stereocenters. The molecule has 0 saturated carbocycles. The van der Waals surface area contributed by atoms with E-state index in [9.17, 15) is 0 Å². The quantitative estimate of drug-likeness (QED) is 0.776. The van der Waals surface area contributed by atoms with E-state index in [0.717, 1.165) is 4.68 Å². The van der Waals surface area contributed by atoms with E-state index in [-0.39, 0.29) is 46.4 Å². The van der Waals surface area contributed by atoms with Gasteiger partial charge in [0, 0.05) is 17.8 Å². The first kappa shape index (κ1) is 9.76. The zero-order valence-corrected chi connectivity index (χ0v) is 13.7. The Morgan fingerprint density at radius 1 is 1.19 bits per heavy atom. The summed E-state index contributed by atoms with van der Waals surface area (Å²) in [7, 11) is -0.989. The highest BCUT2D eigenvalue weighted by molar-refractivity contribution is 9.10. The second-order valence-electron chi connectivity index (χ2n) is 5.75. The summed E-state index contributed by atoms with van der Waals surface area (Å²) in [5, 5.41) is 3.83. The molecule has 0 bridgehead atoms. The van der Waals surface area contributed by atoms with Gasteiger partial charge in [-0.15, -0.1) is 0 Å². The molecule has 2 aromatic heterocycles. The highest BCUT2D eigenvalue weighted by Gasteiger charge is 2.51. The molecule has 0 atom stereocenters. The van der Waals surface area contributed by atoms with E-state index in [1.165, 1.54) is 0 Å². The minimum atomic E-state index is -0.989. The number of rotatable bonds is 2. The lowest BCUT2D eigenvalue weighted by Gasteiger charge is -2.32. The third-order valence-corrected chi connectivity index (χ3v) is 4.09. The molecule has 0 aliphatic carbocycles. The second-order valence-corrected chi connectivity index (χ2v) is 6.54. The van der Waals surface area contributed by atoms with Crippen LogP contribution in [0.15, 0.2) is 35.1 Å². The Morgan fingerprint density at radius 2 is 1.86 bits per heavy atom. The molecule has 3 rings (SSSR count). The van der Waals surface area contributed by atoms with E-state index in [1.54, 1.807) is 0 Å². The Bertz CT molecular complexity index is 889. The van der Waals surface area contributed by atoms with E-state index in [2.05, 4.69) is 26.0 Å². The third kappa shape index (κ3) is 2.65. The largest absolute Gasteiger partial charge is 0.496 e. The van der Waals surface area contributed by atoms with Gasteiger partial charge in [-0.25, -0.2) is 9.67 Å². The predicted octanol–water partition coefficient (Wildman–Crippen LogP) is 2.33. The molecule has 0 N–H and O–H groups in total. The molecule has 2 aromatic rings. The molecular formula is C14H17BBrN3O2. The normalized spacial score (nSPS) is 23.3. The first-order valence-electron chi connectivity index (χ1n) is 8.93. The molecule has 0 radical (unpaired) electrons. The van der Waals surface area contributed by atoms with Crippen LogP contribution in [0.2, 0.25) is 0 Å². The van der Waals surface area contributed by atoms with Gasteiger partial charge in [-0.2, -0.15) is 5.10 Å². The predicted molar refractivity (Wildman–Crippen MR) is 84.8 cm³/mol. The van der Waals surface area contributed by atoms with Crippen LogP contribution in [-0.4, -0.2) is 33.1 Å². The van der Waals surface area contributed by atoms with Crippen molar-refractivity contribution in [3.8, 4) is 5.82 Å². The fourth-order valence-electron chi connectivity index (χ4n) is 1.80.